The zero-order valence-corrected chi connectivity index (χ0v) is 23.2. The molecule has 1 N–H and O–H groups in total. The van der Waals surface area contributed by atoms with E-state index in [1.165, 1.54) is 47.0 Å². The van der Waals surface area contributed by atoms with Gasteiger partial charge < -0.3 is 9.47 Å². The standard InChI is InChI=1S/C29H27F4N5O3S/c1-18-14-15-42-27(35-25-5-3-2-4-23(18)25)36-28(39)40-16-24(30)19-6-8-20(9-7-19)26-34-17-38(37-26)21-10-12-22(13-11-21)41-29(31,32)33/h2-3,5-13,17-18,23-24H,4,14-16H2,1H3,(H,35,36,39). The lowest BCUT2D eigenvalue weighted by molar-refractivity contribution is -0.274. The molecule has 2 aromatic carbocycles. The van der Waals surface area contributed by atoms with Crippen molar-refractivity contribution in [3.05, 3.63) is 84.3 Å². The topological polar surface area (TPSA) is 90.6 Å². The Kier molecular flexibility index (Phi) is 8.95. The first-order chi connectivity index (χ1) is 20.1. The van der Waals surface area contributed by atoms with E-state index < -0.39 is 25.2 Å². The van der Waals surface area contributed by atoms with Crippen LogP contribution in [0.2, 0.25) is 0 Å². The smallest absolute Gasteiger partial charge is 0.446 e. The first kappa shape index (κ1) is 29.4. The number of hydrogen-bond acceptors (Lipinski definition) is 7. The lowest BCUT2D eigenvalue weighted by Crippen LogP contribution is -2.32. The van der Waals surface area contributed by atoms with Gasteiger partial charge in [-0.1, -0.05) is 55.1 Å². The van der Waals surface area contributed by atoms with Crippen LogP contribution in [0.5, 0.6) is 5.75 Å². The molecule has 2 heterocycles. The highest BCUT2D eigenvalue weighted by atomic mass is 32.2. The maximum absolute atomic E-state index is 14.9. The fourth-order valence-corrected chi connectivity index (χ4v) is 5.57. The highest BCUT2D eigenvalue weighted by molar-refractivity contribution is 8.13. The van der Waals surface area contributed by atoms with Gasteiger partial charge in [-0.05, 0) is 54.7 Å². The third-order valence-electron chi connectivity index (χ3n) is 6.83. The number of aliphatic imine (C=N–C) groups is 1. The van der Waals surface area contributed by atoms with Crippen molar-refractivity contribution in [1.29, 1.82) is 0 Å². The van der Waals surface area contributed by atoms with E-state index in [-0.39, 0.29) is 5.75 Å². The molecule has 0 fully saturated rings. The van der Waals surface area contributed by atoms with Crippen molar-refractivity contribution in [1.82, 2.24) is 20.1 Å². The molecular weight excluding hydrogens is 574 g/mol. The van der Waals surface area contributed by atoms with Gasteiger partial charge in [0.05, 0.1) is 5.69 Å². The summed E-state index contributed by atoms with van der Waals surface area (Å²) in [4.78, 5) is 21.3. The van der Waals surface area contributed by atoms with Crippen LogP contribution < -0.4 is 10.1 Å². The molecule has 3 unspecified atom stereocenters. The van der Waals surface area contributed by atoms with Crippen LogP contribution in [-0.4, -0.2) is 44.7 Å². The van der Waals surface area contributed by atoms with E-state index in [2.05, 4.69) is 38.1 Å². The number of nitrogens with one attached hydrogen (secondary N) is 1. The molecule has 13 heteroatoms. The first-order valence-electron chi connectivity index (χ1n) is 13.2. The molecule has 3 atom stereocenters. The van der Waals surface area contributed by atoms with E-state index in [9.17, 15) is 22.4 Å². The number of allylic oxidation sites excluding steroid dienone is 4. The maximum Gasteiger partial charge on any atom is 0.573 e. The van der Waals surface area contributed by atoms with Gasteiger partial charge in [0.15, 0.2) is 17.2 Å². The monoisotopic (exact) mass is 601 g/mol. The number of fused-ring (bicyclic) bond motifs is 1. The van der Waals surface area contributed by atoms with Crippen molar-refractivity contribution in [2.75, 3.05) is 12.4 Å². The average molecular weight is 602 g/mol. The third kappa shape index (κ3) is 7.58. The number of alkyl halides is 4. The molecular formula is C29H27F4N5O3S. The van der Waals surface area contributed by atoms with Crippen molar-refractivity contribution < 1.29 is 31.8 Å². The van der Waals surface area contributed by atoms with Gasteiger partial charge in [-0.15, -0.1) is 18.3 Å². The normalized spacial score (nSPS) is 19.5. The van der Waals surface area contributed by atoms with Gasteiger partial charge >= 0.3 is 12.5 Å². The minimum atomic E-state index is -4.78. The quantitative estimate of drug-likeness (QED) is 0.302. The van der Waals surface area contributed by atoms with Gasteiger partial charge in [-0.25, -0.2) is 23.8 Å². The summed E-state index contributed by atoms with van der Waals surface area (Å²) >= 11 is 1.44. The molecule has 0 saturated heterocycles. The predicted octanol–water partition coefficient (Wildman–Crippen LogP) is 7.16. The minimum Gasteiger partial charge on any atom is -0.446 e. The molecule has 0 saturated carbocycles. The van der Waals surface area contributed by atoms with Crippen molar-refractivity contribution in [2.45, 2.75) is 32.3 Å². The minimum absolute atomic E-state index is 0.305. The van der Waals surface area contributed by atoms with Gasteiger partial charge in [0, 0.05) is 22.9 Å². The number of benzene rings is 2. The van der Waals surface area contributed by atoms with Gasteiger partial charge in [0.1, 0.15) is 18.7 Å². The number of carbonyl (C=O) groups is 1. The van der Waals surface area contributed by atoms with E-state index in [4.69, 9.17) is 4.74 Å². The molecule has 0 spiro atoms. The molecule has 1 aliphatic heterocycles. The Labute approximate surface area is 243 Å². The van der Waals surface area contributed by atoms with Crippen LogP contribution in [0.4, 0.5) is 22.4 Å². The SMILES string of the molecule is CC1CCSC(NC(=O)OCC(F)c2ccc(-c3ncn(-c4ccc(OC(F)(F)F)cc4)n3)cc2)=NC2=CC=CCC21. The Morgan fingerprint density at radius 2 is 1.93 bits per heavy atom. The van der Waals surface area contributed by atoms with Crippen LogP contribution in [0.1, 0.15) is 31.5 Å². The number of alkyl carbamates (subject to hydrolysis) is 1. The largest absolute Gasteiger partial charge is 0.573 e. The highest BCUT2D eigenvalue weighted by Crippen LogP contribution is 2.34. The average Bonchev–Trinajstić information content (AvgIpc) is 3.45. The molecule has 1 amide bonds. The Morgan fingerprint density at radius 3 is 2.67 bits per heavy atom. The summed E-state index contributed by atoms with van der Waals surface area (Å²) in [5.74, 6) is 1.58. The summed E-state index contributed by atoms with van der Waals surface area (Å²) in [5.41, 5.74) is 2.30. The second kappa shape index (κ2) is 12.8. The summed E-state index contributed by atoms with van der Waals surface area (Å²) in [6.07, 6.45) is 2.25. The number of amides is 1. The number of amidine groups is 1. The number of carbonyl (C=O) groups excluding carboxylic acids is 1. The van der Waals surface area contributed by atoms with Crippen molar-refractivity contribution in [3.63, 3.8) is 0 Å². The van der Waals surface area contributed by atoms with Crippen molar-refractivity contribution >= 4 is 23.0 Å². The molecule has 1 aromatic heterocycles. The molecule has 0 radical (unpaired) electrons. The van der Waals surface area contributed by atoms with Gasteiger partial charge in [0.25, 0.3) is 0 Å². The number of hydrogen-bond donors (Lipinski definition) is 1. The summed E-state index contributed by atoms with van der Waals surface area (Å²) in [6, 6.07) is 11.5. The maximum atomic E-state index is 14.9. The van der Waals surface area contributed by atoms with Crippen LogP contribution >= 0.6 is 11.8 Å². The van der Waals surface area contributed by atoms with Crippen LogP contribution in [-0.2, 0) is 4.74 Å². The first-order valence-corrected chi connectivity index (χ1v) is 14.2. The van der Waals surface area contributed by atoms with Gasteiger partial charge in [0.2, 0.25) is 0 Å². The lowest BCUT2D eigenvalue weighted by Gasteiger charge is -2.27. The second-order valence-electron chi connectivity index (χ2n) is 9.76. The van der Waals surface area contributed by atoms with E-state index in [0.29, 0.717) is 39.6 Å². The molecule has 42 heavy (non-hydrogen) atoms. The highest BCUT2D eigenvalue weighted by Gasteiger charge is 2.31. The molecule has 0 bridgehead atoms. The fourth-order valence-electron chi connectivity index (χ4n) is 4.57. The molecule has 1 aliphatic carbocycles. The Bertz CT molecular complexity index is 1490. The lowest BCUT2D eigenvalue weighted by atomic mass is 9.84. The fraction of sp³-hybridized carbons (Fsp3) is 0.310. The second-order valence-corrected chi connectivity index (χ2v) is 10.8. The van der Waals surface area contributed by atoms with Crippen molar-refractivity contribution in [2.24, 2.45) is 16.8 Å². The van der Waals surface area contributed by atoms with Crippen molar-refractivity contribution in [3.8, 4) is 22.8 Å². The Hall–Kier alpha value is -4.13. The molecule has 8 nitrogen and oxygen atoms in total. The van der Waals surface area contributed by atoms with Gasteiger partial charge in [-0.2, -0.15) is 0 Å². The molecule has 5 rings (SSSR count). The van der Waals surface area contributed by atoms with E-state index in [1.54, 1.807) is 24.3 Å². The summed E-state index contributed by atoms with van der Waals surface area (Å²) in [7, 11) is 0. The number of aromatic nitrogens is 3. The summed E-state index contributed by atoms with van der Waals surface area (Å²) in [5, 5.41) is 7.42. The van der Waals surface area contributed by atoms with E-state index in [1.807, 2.05) is 12.2 Å². The summed E-state index contributed by atoms with van der Waals surface area (Å²) < 4.78 is 62.4. The summed E-state index contributed by atoms with van der Waals surface area (Å²) in [6.45, 7) is 1.73. The Morgan fingerprint density at radius 1 is 1.17 bits per heavy atom. The number of ether oxygens (including phenoxy) is 2. The zero-order chi connectivity index (χ0) is 29.7. The van der Waals surface area contributed by atoms with Crippen LogP contribution in [0.3, 0.4) is 0 Å². The molecule has 2 aliphatic rings. The number of halogens is 4. The molecule has 220 valence electrons. The third-order valence-corrected chi connectivity index (χ3v) is 7.74. The number of nitrogens with zero attached hydrogens (tertiary/aromatic N) is 4. The molecule has 3 aromatic rings. The predicted molar refractivity (Wildman–Crippen MR) is 151 cm³/mol. The number of thioether (sulfide) groups is 1. The van der Waals surface area contributed by atoms with E-state index >= 15 is 0 Å². The number of rotatable bonds is 6. The van der Waals surface area contributed by atoms with Crippen LogP contribution in [0, 0.1) is 11.8 Å². The van der Waals surface area contributed by atoms with Crippen LogP contribution in [0.15, 0.2) is 83.8 Å². The Balaban J connectivity index is 1.15. The van der Waals surface area contributed by atoms with Crippen LogP contribution in [0.25, 0.3) is 17.1 Å². The van der Waals surface area contributed by atoms with Gasteiger partial charge in [-0.3, -0.25) is 5.32 Å². The van der Waals surface area contributed by atoms with E-state index in [0.717, 1.165) is 24.3 Å². The zero-order valence-electron chi connectivity index (χ0n) is 22.4.